The molecule has 74 valence electrons. The minimum Gasteiger partial charge on any atom is -0.465 e. The molecule has 1 aliphatic heterocycles. The highest BCUT2D eigenvalue weighted by atomic mass is 16.5. The Morgan fingerprint density at radius 3 is 3.00 bits per heavy atom. The average molecular weight is 191 g/mol. The molecule has 1 fully saturated rings. The summed E-state index contributed by atoms with van der Waals surface area (Å²) in [6, 6.07) is 7.77. The summed E-state index contributed by atoms with van der Waals surface area (Å²) in [5, 5.41) is 0. The van der Waals surface area contributed by atoms with E-state index in [1.54, 1.807) is 0 Å². The summed E-state index contributed by atoms with van der Waals surface area (Å²) in [5.74, 6) is 0.239. The summed E-state index contributed by atoms with van der Waals surface area (Å²) < 4.78 is 4.90. The molecule has 0 amide bonds. The molecule has 0 aromatic heterocycles. The number of ether oxygens (including phenoxy) is 1. The van der Waals surface area contributed by atoms with E-state index in [-0.39, 0.29) is 5.97 Å². The third-order valence-electron chi connectivity index (χ3n) is 2.41. The number of carbonyl (C=O) groups excluding carboxylic acids is 1. The second kappa shape index (κ2) is 3.70. The number of cyclic esters (lactones) is 1. The maximum atomic E-state index is 10.9. The van der Waals surface area contributed by atoms with Gasteiger partial charge in [0.2, 0.25) is 0 Å². The van der Waals surface area contributed by atoms with Crippen molar-refractivity contribution < 1.29 is 9.53 Å². The average Bonchev–Trinajstić information content (AvgIpc) is 2.51. The zero-order valence-electron chi connectivity index (χ0n) is 7.90. The molecule has 0 unspecified atom stereocenters. The van der Waals surface area contributed by atoms with E-state index >= 15 is 0 Å². The van der Waals surface area contributed by atoms with Crippen molar-refractivity contribution in [1.82, 2.24) is 0 Å². The van der Waals surface area contributed by atoms with Gasteiger partial charge in [-0.3, -0.25) is 4.79 Å². The van der Waals surface area contributed by atoms with Gasteiger partial charge in [-0.1, -0.05) is 12.1 Å². The molecular weight excluding hydrogens is 178 g/mol. The first-order chi connectivity index (χ1) is 6.74. The van der Waals surface area contributed by atoms with Crippen LogP contribution in [0.25, 0.3) is 0 Å². The van der Waals surface area contributed by atoms with Crippen LogP contribution in [-0.4, -0.2) is 12.6 Å². The van der Waals surface area contributed by atoms with Crippen LogP contribution in [0.15, 0.2) is 24.3 Å². The van der Waals surface area contributed by atoms with Crippen molar-refractivity contribution in [3.8, 4) is 0 Å². The molecule has 3 nitrogen and oxygen atoms in total. The second-order valence-electron chi connectivity index (χ2n) is 3.70. The molecule has 2 N–H and O–H groups in total. The van der Waals surface area contributed by atoms with Gasteiger partial charge in [-0.15, -0.1) is 0 Å². The van der Waals surface area contributed by atoms with Crippen LogP contribution in [0.5, 0.6) is 0 Å². The highest BCUT2D eigenvalue weighted by Gasteiger charge is 2.23. The van der Waals surface area contributed by atoms with Crippen molar-refractivity contribution in [2.24, 2.45) is 5.92 Å². The van der Waals surface area contributed by atoms with E-state index < -0.39 is 0 Å². The highest BCUT2D eigenvalue weighted by Crippen LogP contribution is 2.20. The summed E-state index contributed by atoms with van der Waals surface area (Å²) in [5.41, 5.74) is 7.61. The molecule has 1 aliphatic rings. The zero-order valence-corrected chi connectivity index (χ0v) is 7.90. The maximum absolute atomic E-state index is 10.9. The number of anilines is 1. The lowest BCUT2D eigenvalue weighted by molar-refractivity contribution is -0.137. The van der Waals surface area contributed by atoms with Crippen molar-refractivity contribution >= 4 is 11.7 Å². The molecule has 1 atom stereocenters. The van der Waals surface area contributed by atoms with Crippen LogP contribution in [0.2, 0.25) is 0 Å². The van der Waals surface area contributed by atoms with Gasteiger partial charge < -0.3 is 10.5 Å². The van der Waals surface area contributed by atoms with E-state index in [2.05, 4.69) is 0 Å². The summed E-state index contributed by atoms with van der Waals surface area (Å²) in [6.07, 6.45) is 1.41. The van der Waals surface area contributed by atoms with Crippen LogP contribution < -0.4 is 5.73 Å². The Labute approximate surface area is 82.9 Å². The normalized spacial score (nSPS) is 20.9. The molecule has 0 spiro atoms. The third kappa shape index (κ3) is 2.05. The summed E-state index contributed by atoms with van der Waals surface area (Å²) in [6.45, 7) is 0.549. The molecule has 3 heteroatoms. The van der Waals surface area contributed by atoms with Crippen LogP contribution in [0, 0.1) is 5.92 Å². The molecule has 1 aromatic rings. The molecule has 0 radical (unpaired) electrons. The Morgan fingerprint density at radius 2 is 2.36 bits per heavy atom. The number of esters is 1. The fourth-order valence-electron chi connectivity index (χ4n) is 1.75. The first-order valence-corrected chi connectivity index (χ1v) is 4.74. The van der Waals surface area contributed by atoms with Gasteiger partial charge in [-0.25, -0.2) is 0 Å². The number of hydrogen-bond donors (Lipinski definition) is 1. The summed E-state index contributed by atoms with van der Waals surface area (Å²) in [4.78, 5) is 10.9. The van der Waals surface area contributed by atoms with E-state index in [0.29, 0.717) is 18.9 Å². The molecule has 0 aliphatic carbocycles. The zero-order chi connectivity index (χ0) is 9.97. The lowest BCUT2D eigenvalue weighted by atomic mass is 9.98. The van der Waals surface area contributed by atoms with Gasteiger partial charge in [-0.2, -0.15) is 0 Å². The third-order valence-corrected chi connectivity index (χ3v) is 2.41. The topological polar surface area (TPSA) is 52.3 Å². The van der Waals surface area contributed by atoms with Crippen LogP contribution in [0.1, 0.15) is 12.0 Å². The Hall–Kier alpha value is -1.51. The van der Waals surface area contributed by atoms with Gasteiger partial charge >= 0.3 is 5.97 Å². The molecular formula is C11H13NO2. The first-order valence-electron chi connectivity index (χ1n) is 4.74. The lowest BCUT2D eigenvalue weighted by Gasteiger charge is -2.06. The Morgan fingerprint density at radius 1 is 1.50 bits per heavy atom. The van der Waals surface area contributed by atoms with Crippen LogP contribution in [-0.2, 0) is 16.0 Å². The number of nitrogen functional groups attached to an aromatic ring is 1. The van der Waals surface area contributed by atoms with Crippen molar-refractivity contribution in [1.29, 1.82) is 0 Å². The molecule has 2 rings (SSSR count). The Bertz CT molecular complexity index is 349. The SMILES string of the molecule is Nc1cccc(C[C@H]2COC(=O)C2)c1. The van der Waals surface area contributed by atoms with E-state index in [9.17, 15) is 4.79 Å². The summed E-state index contributed by atoms with van der Waals surface area (Å²) in [7, 11) is 0. The van der Waals surface area contributed by atoms with Crippen molar-refractivity contribution in [2.75, 3.05) is 12.3 Å². The predicted octanol–water partition coefficient (Wildman–Crippen LogP) is 1.37. The largest absolute Gasteiger partial charge is 0.465 e. The number of nitrogens with two attached hydrogens (primary N) is 1. The van der Waals surface area contributed by atoms with E-state index in [1.165, 1.54) is 5.56 Å². The van der Waals surface area contributed by atoms with Gasteiger partial charge in [-0.05, 0) is 24.1 Å². The second-order valence-corrected chi connectivity index (χ2v) is 3.70. The fourth-order valence-corrected chi connectivity index (χ4v) is 1.75. The highest BCUT2D eigenvalue weighted by molar-refractivity contribution is 5.71. The van der Waals surface area contributed by atoms with E-state index in [0.717, 1.165) is 12.1 Å². The van der Waals surface area contributed by atoms with Crippen LogP contribution in [0.4, 0.5) is 5.69 Å². The number of hydrogen-bond acceptors (Lipinski definition) is 3. The molecule has 1 saturated heterocycles. The Balaban J connectivity index is 2.00. The van der Waals surface area contributed by atoms with Crippen LogP contribution in [0.3, 0.4) is 0 Å². The number of carbonyl (C=O) groups is 1. The summed E-state index contributed by atoms with van der Waals surface area (Å²) >= 11 is 0. The molecule has 1 aromatic carbocycles. The smallest absolute Gasteiger partial charge is 0.306 e. The Kier molecular flexibility index (Phi) is 2.39. The quantitative estimate of drug-likeness (QED) is 0.567. The maximum Gasteiger partial charge on any atom is 0.306 e. The van der Waals surface area contributed by atoms with E-state index in [1.807, 2.05) is 24.3 Å². The van der Waals surface area contributed by atoms with Gasteiger partial charge in [0.25, 0.3) is 0 Å². The number of benzene rings is 1. The molecule has 14 heavy (non-hydrogen) atoms. The molecule has 0 saturated carbocycles. The van der Waals surface area contributed by atoms with Crippen molar-refractivity contribution in [2.45, 2.75) is 12.8 Å². The number of rotatable bonds is 2. The minimum atomic E-state index is -0.0843. The monoisotopic (exact) mass is 191 g/mol. The molecule has 1 heterocycles. The van der Waals surface area contributed by atoms with E-state index in [4.69, 9.17) is 10.5 Å². The van der Waals surface area contributed by atoms with Gasteiger partial charge in [0.1, 0.15) is 0 Å². The first kappa shape index (κ1) is 9.06. The predicted molar refractivity (Wildman–Crippen MR) is 53.6 cm³/mol. The minimum absolute atomic E-state index is 0.0843. The molecule has 0 bridgehead atoms. The van der Waals surface area contributed by atoms with Gasteiger partial charge in [0.15, 0.2) is 0 Å². The van der Waals surface area contributed by atoms with Crippen molar-refractivity contribution in [3.63, 3.8) is 0 Å². The van der Waals surface area contributed by atoms with Crippen molar-refractivity contribution in [3.05, 3.63) is 29.8 Å². The lowest BCUT2D eigenvalue weighted by Crippen LogP contribution is -2.03. The standard InChI is InChI=1S/C11H13NO2/c12-10-3-1-2-8(5-10)4-9-6-11(13)14-7-9/h1-3,5,9H,4,6-7,12H2/t9-/m1/s1. The van der Waals surface area contributed by atoms with Crippen LogP contribution >= 0.6 is 0 Å². The van der Waals surface area contributed by atoms with Gasteiger partial charge in [0, 0.05) is 11.6 Å². The fraction of sp³-hybridized carbons (Fsp3) is 0.364. The van der Waals surface area contributed by atoms with Gasteiger partial charge in [0.05, 0.1) is 13.0 Å².